The maximum Gasteiger partial charge on any atom is 0.0595 e. The van der Waals surface area contributed by atoms with Gasteiger partial charge in [-0.3, -0.25) is 0 Å². The highest BCUT2D eigenvalue weighted by Crippen LogP contribution is 2.47. The van der Waals surface area contributed by atoms with Crippen molar-refractivity contribution in [3.8, 4) is 0 Å². The quantitative estimate of drug-likeness (QED) is 0.607. The summed E-state index contributed by atoms with van der Waals surface area (Å²) in [6.07, 6.45) is 5.25. The van der Waals surface area contributed by atoms with Crippen LogP contribution in [0.4, 0.5) is 0 Å². The van der Waals surface area contributed by atoms with Crippen molar-refractivity contribution in [3.05, 3.63) is 33.8 Å². The van der Waals surface area contributed by atoms with Crippen molar-refractivity contribution in [1.29, 1.82) is 0 Å². The number of rotatable bonds is 1. The van der Waals surface area contributed by atoms with E-state index in [2.05, 4.69) is 19.9 Å². The van der Waals surface area contributed by atoms with Crippen LogP contribution in [0.15, 0.2) is 18.2 Å². The standard InChI is InChI=1S/C14H18Cl2/c1-14(2)8-4-3-5-11(14)10-6-7-12(15)13(16)9-10/h6-7,9,11H,3-5,8H2,1-2H3. The van der Waals surface area contributed by atoms with Crippen LogP contribution in [0, 0.1) is 5.41 Å². The zero-order valence-corrected chi connectivity index (χ0v) is 11.4. The Morgan fingerprint density at radius 1 is 1.12 bits per heavy atom. The van der Waals surface area contributed by atoms with Gasteiger partial charge in [-0.05, 0) is 41.9 Å². The van der Waals surface area contributed by atoms with Gasteiger partial charge in [0.05, 0.1) is 10.0 Å². The van der Waals surface area contributed by atoms with Gasteiger partial charge in [0.25, 0.3) is 0 Å². The molecule has 1 aromatic rings. The Morgan fingerprint density at radius 3 is 2.50 bits per heavy atom. The van der Waals surface area contributed by atoms with Gasteiger partial charge in [0.1, 0.15) is 0 Å². The minimum atomic E-state index is 0.384. The molecule has 2 heteroatoms. The van der Waals surface area contributed by atoms with Crippen LogP contribution in [0.5, 0.6) is 0 Å². The zero-order chi connectivity index (χ0) is 11.8. The van der Waals surface area contributed by atoms with Crippen molar-refractivity contribution >= 4 is 23.2 Å². The predicted octanol–water partition coefficient (Wildman–Crippen LogP) is 5.68. The van der Waals surface area contributed by atoms with E-state index >= 15 is 0 Å². The van der Waals surface area contributed by atoms with Crippen molar-refractivity contribution in [2.24, 2.45) is 5.41 Å². The molecule has 0 spiro atoms. The summed E-state index contributed by atoms with van der Waals surface area (Å²) in [6.45, 7) is 4.72. The lowest BCUT2D eigenvalue weighted by Crippen LogP contribution is -2.25. The molecule has 1 atom stereocenters. The first kappa shape index (κ1) is 12.3. The highest BCUT2D eigenvalue weighted by Gasteiger charge is 2.33. The van der Waals surface area contributed by atoms with Gasteiger partial charge in [-0.25, -0.2) is 0 Å². The summed E-state index contributed by atoms with van der Waals surface area (Å²) in [7, 11) is 0. The molecule has 0 radical (unpaired) electrons. The molecule has 1 aliphatic rings. The van der Waals surface area contributed by atoms with Crippen LogP contribution in [0.1, 0.15) is 51.0 Å². The molecular weight excluding hydrogens is 239 g/mol. The zero-order valence-electron chi connectivity index (χ0n) is 9.89. The molecular formula is C14H18Cl2. The van der Waals surface area contributed by atoms with Gasteiger partial charge in [0.15, 0.2) is 0 Å². The van der Waals surface area contributed by atoms with E-state index in [-0.39, 0.29) is 0 Å². The van der Waals surface area contributed by atoms with Crippen LogP contribution in [0.3, 0.4) is 0 Å². The molecule has 0 nitrogen and oxygen atoms in total. The van der Waals surface area contributed by atoms with Crippen LogP contribution in [-0.4, -0.2) is 0 Å². The lowest BCUT2D eigenvalue weighted by Gasteiger charge is -2.39. The Bertz CT molecular complexity index is 382. The van der Waals surface area contributed by atoms with Crippen LogP contribution in [0.2, 0.25) is 10.0 Å². The van der Waals surface area contributed by atoms with E-state index in [9.17, 15) is 0 Å². The lowest BCUT2D eigenvalue weighted by atomic mass is 9.66. The molecule has 1 unspecified atom stereocenters. The molecule has 0 amide bonds. The Balaban J connectivity index is 2.31. The predicted molar refractivity (Wildman–Crippen MR) is 71.5 cm³/mol. The maximum atomic E-state index is 6.09. The highest BCUT2D eigenvalue weighted by atomic mass is 35.5. The number of benzene rings is 1. The topological polar surface area (TPSA) is 0 Å². The van der Waals surface area contributed by atoms with Gasteiger partial charge < -0.3 is 0 Å². The Labute approximate surface area is 108 Å². The van der Waals surface area contributed by atoms with E-state index in [1.54, 1.807) is 0 Å². The van der Waals surface area contributed by atoms with Crippen LogP contribution >= 0.6 is 23.2 Å². The van der Waals surface area contributed by atoms with Gasteiger partial charge >= 0.3 is 0 Å². The fourth-order valence-electron chi connectivity index (χ4n) is 2.84. The van der Waals surface area contributed by atoms with E-state index in [0.29, 0.717) is 21.4 Å². The first-order valence-electron chi connectivity index (χ1n) is 5.96. The van der Waals surface area contributed by atoms with Gasteiger partial charge in [-0.15, -0.1) is 0 Å². The summed E-state index contributed by atoms with van der Waals surface area (Å²) in [5.41, 5.74) is 1.73. The van der Waals surface area contributed by atoms with E-state index in [0.717, 1.165) is 0 Å². The molecule has 1 fully saturated rings. The largest absolute Gasteiger partial charge is 0.0827 e. The van der Waals surface area contributed by atoms with Crippen molar-refractivity contribution in [1.82, 2.24) is 0 Å². The molecule has 16 heavy (non-hydrogen) atoms. The molecule has 1 saturated carbocycles. The molecule has 0 saturated heterocycles. The van der Waals surface area contributed by atoms with E-state index in [4.69, 9.17) is 23.2 Å². The molecule has 1 aliphatic carbocycles. The first-order chi connectivity index (χ1) is 7.50. The summed E-state index contributed by atoms with van der Waals surface area (Å²) in [6, 6.07) is 6.09. The van der Waals surface area contributed by atoms with Crippen molar-refractivity contribution in [2.75, 3.05) is 0 Å². The van der Waals surface area contributed by atoms with Crippen LogP contribution in [-0.2, 0) is 0 Å². The summed E-state index contributed by atoms with van der Waals surface area (Å²) < 4.78 is 0. The highest BCUT2D eigenvalue weighted by molar-refractivity contribution is 6.42. The number of hydrogen-bond acceptors (Lipinski definition) is 0. The Hall–Kier alpha value is -0.200. The second-order valence-electron chi connectivity index (χ2n) is 5.46. The maximum absolute atomic E-state index is 6.09. The normalized spacial score (nSPS) is 24.4. The van der Waals surface area contributed by atoms with Gasteiger partial charge in [0, 0.05) is 0 Å². The summed E-state index contributed by atoms with van der Waals surface area (Å²) in [5, 5.41) is 1.33. The third-order valence-corrected chi connectivity index (χ3v) is 4.59. The molecule has 0 bridgehead atoms. The minimum Gasteiger partial charge on any atom is -0.0827 e. The summed E-state index contributed by atoms with van der Waals surface area (Å²) >= 11 is 12.1. The third-order valence-electron chi connectivity index (χ3n) is 3.85. The molecule has 0 heterocycles. The summed E-state index contributed by atoms with van der Waals surface area (Å²) in [5.74, 6) is 0.621. The van der Waals surface area contributed by atoms with Crippen molar-refractivity contribution < 1.29 is 0 Å². The van der Waals surface area contributed by atoms with Crippen molar-refractivity contribution in [3.63, 3.8) is 0 Å². The molecule has 1 aromatic carbocycles. The average Bonchev–Trinajstić information content (AvgIpc) is 2.22. The fourth-order valence-corrected chi connectivity index (χ4v) is 3.15. The average molecular weight is 257 g/mol. The molecule has 0 aromatic heterocycles. The van der Waals surface area contributed by atoms with Crippen LogP contribution in [0.25, 0.3) is 0 Å². The molecule has 2 rings (SSSR count). The van der Waals surface area contributed by atoms with E-state index in [1.807, 2.05) is 12.1 Å². The van der Waals surface area contributed by atoms with Gasteiger partial charge in [-0.1, -0.05) is 56.0 Å². The molecule has 0 aliphatic heterocycles. The third kappa shape index (κ3) is 2.38. The smallest absolute Gasteiger partial charge is 0.0595 e. The van der Waals surface area contributed by atoms with Gasteiger partial charge in [-0.2, -0.15) is 0 Å². The first-order valence-corrected chi connectivity index (χ1v) is 6.71. The SMILES string of the molecule is CC1(C)CCCCC1c1ccc(Cl)c(Cl)c1. The lowest BCUT2D eigenvalue weighted by molar-refractivity contribution is 0.199. The Morgan fingerprint density at radius 2 is 1.88 bits per heavy atom. The molecule has 0 N–H and O–H groups in total. The number of hydrogen-bond donors (Lipinski definition) is 0. The Kier molecular flexibility index (Phi) is 3.51. The second-order valence-corrected chi connectivity index (χ2v) is 6.27. The molecule has 88 valence electrons. The van der Waals surface area contributed by atoms with E-state index in [1.165, 1.54) is 31.2 Å². The monoisotopic (exact) mass is 256 g/mol. The second kappa shape index (κ2) is 4.58. The number of halogens is 2. The van der Waals surface area contributed by atoms with E-state index < -0.39 is 0 Å². The van der Waals surface area contributed by atoms with Crippen molar-refractivity contribution in [2.45, 2.75) is 45.4 Å². The minimum absolute atomic E-state index is 0.384. The summed E-state index contributed by atoms with van der Waals surface area (Å²) in [4.78, 5) is 0. The fraction of sp³-hybridized carbons (Fsp3) is 0.571. The van der Waals surface area contributed by atoms with Crippen LogP contribution < -0.4 is 0 Å². The van der Waals surface area contributed by atoms with Gasteiger partial charge in [0.2, 0.25) is 0 Å².